The summed E-state index contributed by atoms with van der Waals surface area (Å²) < 4.78 is 0.697. The van der Waals surface area contributed by atoms with Gasteiger partial charge in [0, 0.05) is 7.05 Å². The van der Waals surface area contributed by atoms with Crippen molar-refractivity contribution in [3.05, 3.63) is 12.8 Å². The van der Waals surface area contributed by atoms with Gasteiger partial charge in [-0.3, -0.25) is 4.99 Å². The molecule has 0 saturated heterocycles. The van der Waals surface area contributed by atoms with Gasteiger partial charge >= 0.3 is 0 Å². The number of hydrogen-bond acceptors (Lipinski definition) is 1. The van der Waals surface area contributed by atoms with Crippen LogP contribution in [0.1, 0.15) is 0 Å². The molecule has 0 aromatic carbocycles. The van der Waals surface area contributed by atoms with Gasteiger partial charge in [0.2, 0.25) is 0 Å². The van der Waals surface area contributed by atoms with Crippen LogP contribution < -0.4 is 5.32 Å². The van der Waals surface area contributed by atoms with Crippen LogP contribution in [0.5, 0.6) is 0 Å². The second-order valence-electron chi connectivity index (χ2n) is 0.863. The molecule has 3 heteroatoms. The molecule has 0 aromatic heterocycles. The van der Waals surface area contributed by atoms with Crippen LogP contribution in [-0.2, 0) is 0 Å². The van der Waals surface area contributed by atoms with E-state index in [4.69, 9.17) is 0 Å². The minimum Gasteiger partial charge on any atom is -0.342 e. The highest BCUT2D eigenvalue weighted by atomic mass is 79.9. The first kappa shape index (κ1) is 6.69. The standard InChI is InChI=1S/C4H7BrN2/c1-3-7-4(5)6-2/h3H,1H2,2H3,(H,6,7). The van der Waals surface area contributed by atoms with E-state index in [0.717, 1.165) is 0 Å². The highest BCUT2D eigenvalue weighted by Crippen LogP contribution is 1.80. The van der Waals surface area contributed by atoms with Crippen molar-refractivity contribution in [2.75, 3.05) is 7.05 Å². The highest BCUT2D eigenvalue weighted by molar-refractivity contribution is 9.18. The van der Waals surface area contributed by atoms with Crippen molar-refractivity contribution in [3.8, 4) is 0 Å². The van der Waals surface area contributed by atoms with Gasteiger partial charge in [-0.25, -0.2) is 0 Å². The van der Waals surface area contributed by atoms with Gasteiger partial charge in [-0.2, -0.15) is 0 Å². The van der Waals surface area contributed by atoms with E-state index in [-0.39, 0.29) is 0 Å². The smallest absolute Gasteiger partial charge is 0.169 e. The third-order valence-electron chi connectivity index (χ3n) is 0.417. The van der Waals surface area contributed by atoms with Gasteiger partial charge in [0.1, 0.15) is 0 Å². The largest absolute Gasteiger partial charge is 0.342 e. The summed E-state index contributed by atoms with van der Waals surface area (Å²) in [5, 5.41) is 2.73. The maximum atomic E-state index is 3.73. The molecule has 0 fully saturated rings. The summed E-state index contributed by atoms with van der Waals surface area (Å²) in [6.07, 6.45) is 1.55. The first-order valence-electron chi connectivity index (χ1n) is 1.81. The zero-order chi connectivity index (χ0) is 5.70. The number of aliphatic imine (C=N–C) groups is 1. The number of nitrogens with zero attached hydrogens (tertiary/aromatic N) is 1. The molecular weight excluding hydrogens is 156 g/mol. The fourth-order valence-corrected chi connectivity index (χ4v) is 0.311. The summed E-state index contributed by atoms with van der Waals surface area (Å²) >= 11 is 3.10. The molecule has 0 unspecified atom stereocenters. The Morgan fingerprint density at radius 2 is 2.57 bits per heavy atom. The molecule has 0 heterocycles. The Bertz CT molecular complexity index is 87.7. The van der Waals surface area contributed by atoms with Gasteiger partial charge in [0.15, 0.2) is 4.74 Å². The minimum absolute atomic E-state index is 0.697. The lowest BCUT2D eigenvalue weighted by molar-refractivity contribution is 1.28. The maximum absolute atomic E-state index is 3.73. The monoisotopic (exact) mass is 162 g/mol. The summed E-state index contributed by atoms with van der Waals surface area (Å²) in [7, 11) is 1.68. The van der Waals surface area contributed by atoms with Crippen LogP contribution in [0.3, 0.4) is 0 Å². The SMILES string of the molecule is C=CNC(Br)=NC. The molecule has 0 aliphatic heterocycles. The normalized spacial score (nSPS) is 10.9. The van der Waals surface area contributed by atoms with Crippen molar-refractivity contribution < 1.29 is 0 Å². The molecule has 40 valence electrons. The van der Waals surface area contributed by atoms with Crippen LogP contribution in [0.2, 0.25) is 0 Å². The van der Waals surface area contributed by atoms with Crippen LogP contribution in [0.15, 0.2) is 17.8 Å². The van der Waals surface area contributed by atoms with E-state index >= 15 is 0 Å². The molecule has 0 spiro atoms. The maximum Gasteiger partial charge on any atom is 0.169 e. The Hall–Kier alpha value is -0.310. The first-order chi connectivity index (χ1) is 3.31. The number of nitrogens with one attached hydrogen (secondary N) is 1. The average Bonchev–Trinajstić information content (AvgIpc) is 1.68. The summed E-state index contributed by atoms with van der Waals surface area (Å²) in [5.74, 6) is 0. The second-order valence-corrected chi connectivity index (χ2v) is 1.61. The van der Waals surface area contributed by atoms with E-state index in [0.29, 0.717) is 4.74 Å². The molecule has 0 aromatic rings. The lowest BCUT2D eigenvalue weighted by Gasteiger charge is -1.89. The molecule has 1 N–H and O–H groups in total. The second kappa shape index (κ2) is 3.87. The molecule has 7 heavy (non-hydrogen) atoms. The van der Waals surface area contributed by atoms with E-state index in [1.165, 1.54) is 0 Å². The minimum atomic E-state index is 0.697. The Morgan fingerprint density at radius 1 is 2.00 bits per heavy atom. The molecule has 2 nitrogen and oxygen atoms in total. The number of halogens is 1. The fraction of sp³-hybridized carbons (Fsp3) is 0.250. The topological polar surface area (TPSA) is 24.4 Å². The van der Waals surface area contributed by atoms with Crippen LogP contribution in [0, 0.1) is 0 Å². The summed E-state index contributed by atoms with van der Waals surface area (Å²) in [4.78, 5) is 3.73. The molecule has 0 atom stereocenters. The zero-order valence-corrected chi connectivity index (χ0v) is 5.70. The molecule has 0 bridgehead atoms. The van der Waals surface area contributed by atoms with Crippen molar-refractivity contribution in [2.24, 2.45) is 4.99 Å². The van der Waals surface area contributed by atoms with Gasteiger partial charge in [-0.1, -0.05) is 6.58 Å². The van der Waals surface area contributed by atoms with E-state index in [9.17, 15) is 0 Å². The van der Waals surface area contributed by atoms with Crippen molar-refractivity contribution >= 4 is 20.7 Å². The third-order valence-corrected chi connectivity index (χ3v) is 1.00. The van der Waals surface area contributed by atoms with E-state index < -0.39 is 0 Å². The lowest BCUT2D eigenvalue weighted by Crippen LogP contribution is -2.07. The third kappa shape index (κ3) is 3.52. The van der Waals surface area contributed by atoms with Crippen molar-refractivity contribution in [2.45, 2.75) is 0 Å². The van der Waals surface area contributed by atoms with Crippen LogP contribution >= 0.6 is 15.9 Å². The quantitative estimate of drug-likeness (QED) is 0.349. The first-order valence-corrected chi connectivity index (χ1v) is 2.60. The Balaban J connectivity index is 3.36. The Kier molecular flexibility index (Phi) is 3.69. The molecule has 0 aliphatic carbocycles. The molecular formula is C4H7BrN2. The average molecular weight is 163 g/mol. The van der Waals surface area contributed by atoms with Crippen molar-refractivity contribution in [1.82, 2.24) is 5.32 Å². The summed E-state index contributed by atoms with van der Waals surface area (Å²) in [5.41, 5.74) is 0. The summed E-state index contributed by atoms with van der Waals surface area (Å²) in [6, 6.07) is 0. The number of amidine groups is 1. The van der Waals surface area contributed by atoms with Gasteiger partial charge < -0.3 is 5.32 Å². The van der Waals surface area contributed by atoms with E-state index in [1.807, 2.05) is 0 Å². The number of hydrogen-bond donors (Lipinski definition) is 1. The predicted molar refractivity (Wildman–Crippen MR) is 35.6 cm³/mol. The summed E-state index contributed by atoms with van der Waals surface area (Å²) in [6.45, 7) is 3.43. The number of rotatable bonds is 1. The van der Waals surface area contributed by atoms with Gasteiger partial charge in [-0.05, 0) is 22.1 Å². The van der Waals surface area contributed by atoms with Gasteiger partial charge in [0.05, 0.1) is 0 Å². The predicted octanol–water partition coefficient (Wildman–Crippen LogP) is 1.10. The molecule has 0 amide bonds. The van der Waals surface area contributed by atoms with Crippen LogP contribution in [-0.4, -0.2) is 11.8 Å². The van der Waals surface area contributed by atoms with E-state index in [1.54, 1.807) is 13.2 Å². The van der Waals surface area contributed by atoms with Crippen molar-refractivity contribution in [3.63, 3.8) is 0 Å². The van der Waals surface area contributed by atoms with Crippen molar-refractivity contribution in [1.29, 1.82) is 0 Å². The molecule has 0 aliphatic rings. The Morgan fingerprint density at radius 3 is 2.71 bits per heavy atom. The van der Waals surface area contributed by atoms with Gasteiger partial charge in [0.25, 0.3) is 0 Å². The van der Waals surface area contributed by atoms with Crippen LogP contribution in [0.4, 0.5) is 0 Å². The molecule has 0 saturated carbocycles. The fourth-order valence-electron chi connectivity index (χ4n) is 0.149. The molecule has 0 rings (SSSR count). The van der Waals surface area contributed by atoms with E-state index in [2.05, 4.69) is 32.8 Å². The Labute approximate surface area is 51.5 Å². The highest BCUT2D eigenvalue weighted by Gasteiger charge is 1.77. The van der Waals surface area contributed by atoms with Crippen LogP contribution in [0.25, 0.3) is 0 Å². The zero-order valence-electron chi connectivity index (χ0n) is 4.11. The molecule has 0 radical (unpaired) electrons. The lowest BCUT2D eigenvalue weighted by atomic mass is 11.0. The van der Waals surface area contributed by atoms with Gasteiger partial charge in [-0.15, -0.1) is 0 Å².